The molecule has 1 aliphatic heterocycles. The molecule has 0 spiro atoms. The van der Waals surface area contributed by atoms with Crippen LogP contribution < -0.4 is 10.6 Å². The van der Waals surface area contributed by atoms with Crippen LogP contribution in [0.1, 0.15) is 22.3 Å². The lowest BCUT2D eigenvalue weighted by atomic mass is 10.1. The number of rotatable bonds is 9. The number of benzene rings is 2. The summed E-state index contributed by atoms with van der Waals surface area (Å²) in [6.45, 7) is 5.86. The van der Waals surface area contributed by atoms with Crippen molar-refractivity contribution in [3.8, 4) is 11.3 Å². The van der Waals surface area contributed by atoms with Crippen LogP contribution in [-0.4, -0.2) is 60.4 Å². The van der Waals surface area contributed by atoms with E-state index >= 15 is 0 Å². The molecule has 0 unspecified atom stereocenters. The molecule has 4 rings (SSSR count). The highest BCUT2D eigenvalue weighted by atomic mass is 16.5. The van der Waals surface area contributed by atoms with E-state index in [9.17, 15) is 4.79 Å². The normalized spacial score (nSPS) is 14.1. The van der Waals surface area contributed by atoms with Gasteiger partial charge in [0.25, 0.3) is 5.91 Å². The molecule has 0 radical (unpaired) electrons. The summed E-state index contributed by atoms with van der Waals surface area (Å²) in [5.41, 5.74) is 3.41. The zero-order valence-electron chi connectivity index (χ0n) is 18.2. The van der Waals surface area contributed by atoms with Gasteiger partial charge in [-0.1, -0.05) is 42.5 Å². The summed E-state index contributed by atoms with van der Waals surface area (Å²) in [5, 5.41) is 14.9. The summed E-state index contributed by atoms with van der Waals surface area (Å²) >= 11 is 0. The second kappa shape index (κ2) is 11.4. The van der Waals surface area contributed by atoms with Gasteiger partial charge in [-0.2, -0.15) is 0 Å². The SMILES string of the molecule is O=C(NCCCN1CCOCC1)c1cccc(-c2ccc(NCc3ccccc3)nn2)c1. The van der Waals surface area contributed by atoms with E-state index in [1.54, 1.807) is 0 Å². The quantitative estimate of drug-likeness (QED) is 0.507. The maximum atomic E-state index is 12.6. The Hall–Kier alpha value is -3.29. The van der Waals surface area contributed by atoms with Crippen molar-refractivity contribution in [1.82, 2.24) is 20.4 Å². The fourth-order valence-electron chi connectivity index (χ4n) is 3.62. The third-order valence-corrected chi connectivity index (χ3v) is 5.44. The zero-order valence-corrected chi connectivity index (χ0v) is 18.2. The van der Waals surface area contributed by atoms with Gasteiger partial charge in [0.1, 0.15) is 5.82 Å². The van der Waals surface area contributed by atoms with E-state index in [4.69, 9.17) is 4.74 Å². The van der Waals surface area contributed by atoms with Gasteiger partial charge < -0.3 is 15.4 Å². The maximum absolute atomic E-state index is 12.6. The fraction of sp³-hybridized carbons (Fsp3) is 0.320. The molecule has 2 heterocycles. The Labute approximate surface area is 188 Å². The van der Waals surface area contributed by atoms with Crippen molar-refractivity contribution in [2.24, 2.45) is 0 Å². The van der Waals surface area contributed by atoms with Gasteiger partial charge >= 0.3 is 0 Å². The van der Waals surface area contributed by atoms with Gasteiger partial charge in [0, 0.05) is 37.3 Å². The molecule has 7 heteroatoms. The van der Waals surface area contributed by atoms with E-state index in [1.165, 1.54) is 5.56 Å². The van der Waals surface area contributed by atoms with Gasteiger partial charge in [-0.05, 0) is 42.8 Å². The van der Waals surface area contributed by atoms with Crippen LogP contribution in [0.4, 0.5) is 5.82 Å². The predicted octanol–water partition coefficient (Wildman–Crippen LogP) is 3.21. The van der Waals surface area contributed by atoms with Gasteiger partial charge in [0.05, 0.1) is 18.9 Å². The molecular formula is C25H29N5O2. The summed E-state index contributed by atoms with van der Waals surface area (Å²) in [5.74, 6) is 0.648. The monoisotopic (exact) mass is 431 g/mol. The minimum Gasteiger partial charge on any atom is -0.379 e. The van der Waals surface area contributed by atoms with Gasteiger partial charge in [0.15, 0.2) is 0 Å². The van der Waals surface area contributed by atoms with Crippen LogP contribution in [0.5, 0.6) is 0 Å². The molecule has 166 valence electrons. The first-order valence-electron chi connectivity index (χ1n) is 11.1. The van der Waals surface area contributed by atoms with Crippen LogP contribution in [0.3, 0.4) is 0 Å². The summed E-state index contributed by atoms with van der Waals surface area (Å²) in [6.07, 6.45) is 0.925. The number of morpholine rings is 1. The molecule has 3 aromatic rings. The fourth-order valence-corrected chi connectivity index (χ4v) is 3.62. The molecule has 32 heavy (non-hydrogen) atoms. The number of anilines is 1. The molecule has 0 bridgehead atoms. The minimum atomic E-state index is -0.0667. The Bertz CT molecular complexity index is 989. The Balaban J connectivity index is 1.28. The largest absolute Gasteiger partial charge is 0.379 e. The van der Waals surface area contributed by atoms with Crippen LogP contribution in [-0.2, 0) is 11.3 Å². The van der Waals surface area contributed by atoms with E-state index in [0.29, 0.717) is 24.5 Å². The zero-order chi connectivity index (χ0) is 22.0. The maximum Gasteiger partial charge on any atom is 0.251 e. The molecule has 1 aliphatic rings. The highest BCUT2D eigenvalue weighted by Gasteiger charge is 2.11. The molecule has 0 atom stereocenters. The number of hydrogen-bond acceptors (Lipinski definition) is 6. The highest BCUT2D eigenvalue weighted by molar-refractivity contribution is 5.95. The first-order valence-corrected chi connectivity index (χ1v) is 11.1. The van der Waals surface area contributed by atoms with Crippen molar-refractivity contribution in [2.45, 2.75) is 13.0 Å². The third-order valence-electron chi connectivity index (χ3n) is 5.44. The summed E-state index contributed by atoms with van der Waals surface area (Å²) < 4.78 is 5.36. The molecular weight excluding hydrogens is 402 g/mol. The van der Waals surface area contributed by atoms with Gasteiger partial charge in [0.2, 0.25) is 0 Å². The van der Waals surface area contributed by atoms with Crippen LogP contribution in [0, 0.1) is 0 Å². The number of nitrogens with zero attached hydrogens (tertiary/aromatic N) is 3. The molecule has 2 N–H and O–H groups in total. The second-order valence-corrected chi connectivity index (χ2v) is 7.79. The van der Waals surface area contributed by atoms with Gasteiger partial charge in [-0.15, -0.1) is 10.2 Å². The Kier molecular flexibility index (Phi) is 7.79. The lowest BCUT2D eigenvalue weighted by Crippen LogP contribution is -2.38. The van der Waals surface area contributed by atoms with E-state index < -0.39 is 0 Å². The summed E-state index contributed by atoms with van der Waals surface area (Å²) in [6, 6.07) is 21.5. The first-order chi connectivity index (χ1) is 15.8. The van der Waals surface area contributed by atoms with Gasteiger partial charge in [-0.3, -0.25) is 9.69 Å². The van der Waals surface area contributed by atoms with Gasteiger partial charge in [-0.25, -0.2) is 0 Å². The van der Waals surface area contributed by atoms with Crippen molar-refractivity contribution in [3.63, 3.8) is 0 Å². The average molecular weight is 432 g/mol. The number of ether oxygens (including phenoxy) is 1. The van der Waals surface area contributed by atoms with Crippen molar-refractivity contribution in [3.05, 3.63) is 77.9 Å². The Morgan fingerprint density at radius 1 is 0.969 bits per heavy atom. The second-order valence-electron chi connectivity index (χ2n) is 7.79. The standard InChI is InChI=1S/C25H29N5O2/c31-25(26-12-5-13-30-14-16-32-17-15-30)22-9-4-8-21(18-22)23-10-11-24(29-28-23)27-19-20-6-2-1-3-7-20/h1-4,6-11,18H,5,12-17,19H2,(H,26,31)(H,27,29). The Morgan fingerprint density at radius 3 is 2.59 bits per heavy atom. The van der Waals surface area contributed by atoms with Crippen molar-refractivity contribution in [2.75, 3.05) is 44.7 Å². The van der Waals surface area contributed by atoms with Crippen LogP contribution in [0.25, 0.3) is 11.3 Å². The predicted molar refractivity (Wildman–Crippen MR) is 125 cm³/mol. The number of carbonyl (C=O) groups excluding carboxylic acids is 1. The lowest BCUT2D eigenvalue weighted by Gasteiger charge is -2.26. The Morgan fingerprint density at radius 2 is 1.81 bits per heavy atom. The first kappa shape index (κ1) is 21.9. The lowest BCUT2D eigenvalue weighted by molar-refractivity contribution is 0.0374. The highest BCUT2D eigenvalue weighted by Crippen LogP contribution is 2.19. The van der Waals surface area contributed by atoms with Crippen LogP contribution in [0.15, 0.2) is 66.7 Å². The van der Waals surface area contributed by atoms with E-state index in [2.05, 4.69) is 37.9 Å². The molecule has 0 aliphatic carbocycles. The molecule has 1 aromatic heterocycles. The van der Waals surface area contributed by atoms with Crippen LogP contribution >= 0.6 is 0 Å². The van der Waals surface area contributed by atoms with Crippen molar-refractivity contribution in [1.29, 1.82) is 0 Å². The molecule has 1 fully saturated rings. The molecule has 2 aromatic carbocycles. The number of hydrogen-bond donors (Lipinski definition) is 2. The summed E-state index contributed by atoms with van der Waals surface area (Å²) in [7, 11) is 0. The van der Waals surface area contributed by atoms with Crippen LogP contribution in [0.2, 0.25) is 0 Å². The average Bonchev–Trinajstić information content (AvgIpc) is 2.87. The van der Waals surface area contributed by atoms with E-state index in [1.807, 2.05) is 54.6 Å². The summed E-state index contributed by atoms with van der Waals surface area (Å²) in [4.78, 5) is 14.9. The molecule has 7 nitrogen and oxygen atoms in total. The molecule has 1 saturated heterocycles. The number of amides is 1. The molecule has 0 saturated carbocycles. The van der Waals surface area contributed by atoms with Crippen molar-refractivity contribution >= 4 is 11.7 Å². The number of carbonyl (C=O) groups is 1. The van der Waals surface area contributed by atoms with Crippen molar-refractivity contribution < 1.29 is 9.53 Å². The number of nitrogens with one attached hydrogen (secondary N) is 2. The topological polar surface area (TPSA) is 79.4 Å². The third kappa shape index (κ3) is 6.35. The van der Waals surface area contributed by atoms with E-state index in [-0.39, 0.29) is 5.91 Å². The smallest absolute Gasteiger partial charge is 0.251 e. The molecule has 1 amide bonds. The number of aromatic nitrogens is 2. The van der Waals surface area contributed by atoms with E-state index in [0.717, 1.165) is 50.5 Å². The minimum absolute atomic E-state index is 0.0667.